The van der Waals surface area contributed by atoms with Gasteiger partial charge in [-0.2, -0.15) is 0 Å². The van der Waals surface area contributed by atoms with Crippen molar-refractivity contribution in [2.45, 2.75) is 58.4 Å². The quantitative estimate of drug-likeness (QED) is 0.531. The Kier molecular flexibility index (Phi) is 5.11. The minimum absolute atomic E-state index is 0.174. The Morgan fingerprint density at radius 2 is 2.03 bits per heavy atom. The van der Waals surface area contributed by atoms with Gasteiger partial charge < -0.3 is 14.6 Å². The smallest absolute Gasteiger partial charge is 0.132 e. The van der Waals surface area contributed by atoms with Crippen molar-refractivity contribution in [3.63, 3.8) is 0 Å². The molecule has 1 saturated heterocycles. The fourth-order valence-corrected chi connectivity index (χ4v) is 5.23. The second-order valence-electron chi connectivity index (χ2n) is 9.46. The molecule has 0 spiro atoms. The molecular formula is C28H32N3O. The number of hydrogen-bond donors (Lipinski definition) is 1. The standard InChI is InChI=1S/C28H32N3O/c1-18-11-13-24-26(20(18)3)30-27(29-24)28(4)14-7-15-31(28)25-17-22(12-10-19(25)2)21-8-6-9-23(16-21)32-5/h6,8-11,13,16,22H,7,12,14-15H2,1-5H3,(H,29,30)/t22?,28-/m0/s1. The molecule has 0 bridgehead atoms. The van der Waals surface area contributed by atoms with E-state index in [9.17, 15) is 0 Å². The van der Waals surface area contributed by atoms with Crippen LogP contribution in [0, 0.1) is 19.9 Å². The maximum absolute atomic E-state index is 5.46. The number of likely N-dealkylation sites (tertiary alicyclic amines) is 1. The number of fused-ring (bicyclic) bond motifs is 1. The summed E-state index contributed by atoms with van der Waals surface area (Å²) in [6.45, 7) is 9.89. The molecule has 1 unspecified atom stereocenters. The first-order valence-corrected chi connectivity index (χ1v) is 11.6. The minimum atomic E-state index is -0.174. The van der Waals surface area contributed by atoms with Crippen molar-refractivity contribution >= 4 is 11.0 Å². The number of allylic oxidation sites excluding steroid dienone is 3. The summed E-state index contributed by atoms with van der Waals surface area (Å²) in [5.74, 6) is 2.19. The highest BCUT2D eigenvalue weighted by Gasteiger charge is 2.42. The van der Waals surface area contributed by atoms with Crippen molar-refractivity contribution in [3.05, 3.63) is 82.3 Å². The van der Waals surface area contributed by atoms with Crippen LogP contribution in [0.15, 0.2) is 53.7 Å². The van der Waals surface area contributed by atoms with Crippen LogP contribution in [0.3, 0.4) is 0 Å². The summed E-state index contributed by atoms with van der Waals surface area (Å²) < 4.78 is 5.46. The van der Waals surface area contributed by atoms with Gasteiger partial charge in [0.1, 0.15) is 11.6 Å². The van der Waals surface area contributed by atoms with Crippen molar-refractivity contribution in [3.8, 4) is 5.75 Å². The Bertz CT molecular complexity index is 1230. The third-order valence-corrected chi connectivity index (χ3v) is 7.44. The Labute approximate surface area is 191 Å². The van der Waals surface area contributed by atoms with Crippen LogP contribution in [0.2, 0.25) is 0 Å². The Morgan fingerprint density at radius 1 is 1.19 bits per heavy atom. The highest BCUT2D eigenvalue weighted by molar-refractivity contribution is 5.80. The number of methoxy groups -OCH3 is 1. The Balaban J connectivity index is 1.54. The molecule has 2 aliphatic rings. The van der Waals surface area contributed by atoms with Crippen molar-refractivity contribution in [2.75, 3.05) is 13.7 Å². The van der Waals surface area contributed by atoms with Crippen LogP contribution >= 0.6 is 0 Å². The summed E-state index contributed by atoms with van der Waals surface area (Å²) in [4.78, 5) is 11.3. The van der Waals surface area contributed by atoms with Gasteiger partial charge in [0, 0.05) is 18.2 Å². The molecule has 0 amide bonds. The molecule has 4 nitrogen and oxygen atoms in total. The van der Waals surface area contributed by atoms with Crippen molar-refractivity contribution in [1.82, 2.24) is 14.9 Å². The Morgan fingerprint density at radius 3 is 2.84 bits per heavy atom. The number of hydrogen-bond acceptors (Lipinski definition) is 3. The monoisotopic (exact) mass is 426 g/mol. The maximum Gasteiger partial charge on any atom is 0.132 e. The van der Waals surface area contributed by atoms with Crippen molar-refractivity contribution in [1.29, 1.82) is 0 Å². The molecule has 5 rings (SSSR count). The van der Waals surface area contributed by atoms with E-state index >= 15 is 0 Å². The van der Waals surface area contributed by atoms with Gasteiger partial charge in [-0.15, -0.1) is 0 Å². The molecule has 1 fully saturated rings. The lowest BCUT2D eigenvalue weighted by Crippen LogP contribution is -2.40. The van der Waals surface area contributed by atoms with Crippen molar-refractivity contribution in [2.24, 2.45) is 0 Å². The number of aromatic amines is 1. The lowest BCUT2D eigenvalue weighted by molar-refractivity contribution is 0.197. The van der Waals surface area contributed by atoms with Gasteiger partial charge in [-0.05, 0) is 93.5 Å². The van der Waals surface area contributed by atoms with E-state index in [2.05, 4.69) is 80.1 Å². The van der Waals surface area contributed by atoms with E-state index in [-0.39, 0.29) is 11.5 Å². The second-order valence-corrected chi connectivity index (χ2v) is 9.46. The average Bonchev–Trinajstić information content (AvgIpc) is 3.42. The molecule has 4 heteroatoms. The third kappa shape index (κ3) is 3.33. The number of rotatable bonds is 4. The molecule has 2 aromatic carbocycles. The molecule has 0 saturated carbocycles. The van der Waals surface area contributed by atoms with Crippen LogP contribution in [0.1, 0.15) is 61.5 Å². The van der Waals surface area contributed by atoms with Gasteiger partial charge in [0.25, 0.3) is 0 Å². The highest BCUT2D eigenvalue weighted by atomic mass is 16.5. The van der Waals surface area contributed by atoms with Gasteiger partial charge in [0.2, 0.25) is 0 Å². The van der Waals surface area contributed by atoms with Gasteiger partial charge in [-0.25, -0.2) is 4.98 Å². The zero-order valence-corrected chi connectivity index (χ0v) is 19.7. The maximum atomic E-state index is 5.46. The van der Waals surface area contributed by atoms with Gasteiger partial charge in [0.15, 0.2) is 0 Å². The SMILES string of the molecule is COc1cccc(C2[C]=C(N3CCC[C@@]3(C)c3nc4c(C)c(C)ccc4[nH]3)C(C)=CC2)c1. The predicted octanol–water partition coefficient (Wildman–Crippen LogP) is 6.32. The predicted molar refractivity (Wildman–Crippen MR) is 130 cm³/mol. The summed E-state index contributed by atoms with van der Waals surface area (Å²) in [6.07, 6.45) is 9.42. The third-order valence-electron chi connectivity index (χ3n) is 7.44. The highest BCUT2D eigenvalue weighted by Crippen LogP contribution is 2.44. The summed E-state index contributed by atoms with van der Waals surface area (Å²) >= 11 is 0. The van der Waals surface area contributed by atoms with Crippen molar-refractivity contribution < 1.29 is 4.74 Å². The van der Waals surface area contributed by atoms with Crippen LogP contribution in [-0.4, -0.2) is 28.5 Å². The van der Waals surface area contributed by atoms with Crippen LogP contribution in [0.25, 0.3) is 11.0 Å². The normalized spacial score (nSPS) is 23.4. The summed E-state index contributed by atoms with van der Waals surface area (Å²) in [7, 11) is 1.72. The average molecular weight is 427 g/mol. The topological polar surface area (TPSA) is 41.1 Å². The zero-order chi connectivity index (χ0) is 22.5. The van der Waals surface area contributed by atoms with E-state index in [0.29, 0.717) is 0 Å². The second kappa shape index (κ2) is 7.84. The summed E-state index contributed by atoms with van der Waals surface area (Å²) in [5.41, 5.74) is 8.37. The first-order chi connectivity index (χ1) is 15.4. The van der Waals surface area contributed by atoms with Gasteiger partial charge >= 0.3 is 0 Å². The molecule has 1 radical (unpaired) electrons. The number of benzene rings is 2. The number of imidazole rings is 1. The van der Waals surface area contributed by atoms with Crippen LogP contribution in [-0.2, 0) is 5.54 Å². The van der Waals surface area contributed by atoms with E-state index in [4.69, 9.17) is 9.72 Å². The largest absolute Gasteiger partial charge is 0.497 e. The lowest BCUT2D eigenvalue weighted by atomic mass is 9.87. The molecule has 3 aromatic rings. The fraction of sp³-hybridized carbons (Fsp3) is 0.393. The first-order valence-electron chi connectivity index (χ1n) is 11.6. The molecule has 1 N–H and O–H groups in total. The van der Waals surface area contributed by atoms with Gasteiger partial charge in [-0.3, -0.25) is 0 Å². The lowest BCUT2D eigenvalue weighted by Gasteiger charge is -2.39. The number of aryl methyl sites for hydroxylation is 2. The number of nitrogens with zero attached hydrogens (tertiary/aromatic N) is 2. The molecule has 1 aliphatic heterocycles. The summed E-state index contributed by atoms with van der Waals surface area (Å²) in [5, 5.41) is 0. The number of ether oxygens (including phenoxy) is 1. The van der Waals surface area contributed by atoms with E-state index in [0.717, 1.165) is 48.4 Å². The Hall–Kier alpha value is -3.01. The van der Waals surface area contributed by atoms with E-state index in [1.807, 2.05) is 6.07 Å². The van der Waals surface area contributed by atoms with Gasteiger partial charge in [-0.1, -0.05) is 24.3 Å². The van der Waals surface area contributed by atoms with E-state index in [1.165, 1.54) is 28.0 Å². The zero-order valence-electron chi connectivity index (χ0n) is 19.7. The van der Waals surface area contributed by atoms with Crippen LogP contribution in [0.5, 0.6) is 5.75 Å². The molecule has 2 heterocycles. The molecule has 1 aromatic heterocycles. The van der Waals surface area contributed by atoms with Gasteiger partial charge in [0.05, 0.1) is 23.7 Å². The number of nitrogens with one attached hydrogen (secondary N) is 1. The van der Waals surface area contributed by atoms with E-state index < -0.39 is 0 Å². The molecule has 165 valence electrons. The van der Waals surface area contributed by atoms with E-state index in [1.54, 1.807) is 7.11 Å². The first kappa shape index (κ1) is 20.9. The molecule has 32 heavy (non-hydrogen) atoms. The number of aromatic nitrogens is 2. The molecule has 1 aliphatic carbocycles. The molecule has 2 atom stereocenters. The fourth-order valence-electron chi connectivity index (χ4n) is 5.23. The number of H-pyrrole nitrogens is 1. The summed E-state index contributed by atoms with van der Waals surface area (Å²) in [6, 6.07) is 12.7. The van der Waals surface area contributed by atoms with Crippen LogP contribution in [0.4, 0.5) is 0 Å². The molecular weight excluding hydrogens is 394 g/mol. The van der Waals surface area contributed by atoms with Crippen LogP contribution < -0.4 is 4.74 Å². The minimum Gasteiger partial charge on any atom is -0.497 e.